The molecule has 0 spiro atoms. The summed E-state index contributed by atoms with van der Waals surface area (Å²) < 4.78 is 0. The van der Waals surface area contributed by atoms with Gasteiger partial charge in [-0.15, -0.1) is 0 Å². The van der Waals surface area contributed by atoms with E-state index in [1.807, 2.05) is 35.2 Å². The molecule has 0 aromatic heterocycles. The van der Waals surface area contributed by atoms with Crippen molar-refractivity contribution in [2.24, 2.45) is 5.92 Å². The molecule has 0 bridgehead atoms. The molecule has 2 aliphatic rings. The van der Waals surface area contributed by atoms with Gasteiger partial charge in [0.1, 0.15) is 0 Å². The van der Waals surface area contributed by atoms with Crippen LogP contribution >= 0.6 is 0 Å². The second-order valence-corrected chi connectivity index (χ2v) is 8.00. The van der Waals surface area contributed by atoms with Crippen LogP contribution in [0.15, 0.2) is 48.5 Å². The minimum Gasteiger partial charge on any atom is -0.342 e. The molecule has 1 aliphatic carbocycles. The molecule has 146 valence electrons. The minimum atomic E-state index is -0.0204. The number of nitrogens with zero attached hydrogens (tertiary/aromatic N) is 1. The number of carbonyl (C=O) groups is 2. The van der Waals surface area contributed by atoms with E-state index in [2.05, 4.69) is 23.5 Å². The van der Waals surface area contributed by atoms with Crippen LogP contribution in [0.1, 0.15) is 42.4 Å². The number of anilines is 1. The molecule has 4 rings (SSSR count). The monoisotopic (exact) mass is 376 g/mol. The fourth-order valence-electron chi connectivity index (χ4n) is 4.34. The molecule has 1 aliphatic heterocycles. The molecule has 1 fully saturated rings. The number of nitrogens with one attached hydrogen (secondary N) is 1. The molecular weight excluding hydrogens is 348 g/mol. The number of likely N-dealkylation sites (tertiary alicyclic amines) is 1. The molecule has 28 heavy (non-hydrogen) atoms. The lowest BCUT2D eigenvalue weighted by atomic mass is 9.89. The number of hydrogen-bond donors (Lipinski definition) is 1. The molecule has 2 aromatic rings. The zero-order valence-electron chi connectivity index (χ0n) is 16.3. The quantitative estimate of drug-likeness (QED) is 0.877. The average molecular weight is 377 g/mol. The Balaban J connectivity index is 1.28. The van der Waals surface area contributed by atoms with Gasteiger partial charge in [-0.3, -0.25) is 9.59 Å². The van der Waals surface area contributed by atoms with Crippen LogP contribution in [0, 0.1) is 5.92 Å². The number of aryl methyl sites for hydroxylation is 2. The number of carbonyl (C=O) groups excluding carboxylic acids is 2. The maximum Gasteiger partial charge on any atom is 0.227 e. The number of rotatable bonds is 4. The molecular formula is C24H28N2O2. The summed E-state index contributed by atoms with van der Waals surface area (Å²) in [5, 5.41) is 2.98. The number of amides is 2. The summed E-state index contributed by atoms with van der Waals surface area (Å²) in [4.78, 5) is 27.1. The van der Waals surface area contributed by atoms with Crippen molar-refractivity contribution in [2.45, 2.75) is 44.9 Å². The van der Waals surface area contributed by atoms with Gasteiger partial charge < -0.3 is 10.2 Å². The second-order valence-electron chi connectivity index (χ2n) is 8.00. The smallest absolute Gasteiger partial charge is 0.227 e. The van der Waals surface area contributed by atoms with E-state index in [1.165, 1.54) is 30.4 Å². The zero-order valence-corrected chi connectivity index (χ0v) is 16.3. The van der Waals surface area contributed by atoms with Crippen LogP contribution in [0.5, 0.6) is 0 Å². The van der Waals surface area contributed by atoms with E-state index in [0.29, 0.717) is 19.5 Å². The maximum atomic E-state index is 12.7. The first kappa shape index (κ1) is 18.7. The topological polar surface area (TPSA) is 49.4 Å². The van der Waals surface area contributed by atoms with Gasteiger partial charge >= 0.3 is 0 Å². The average Bonchev–Trinajstić information content (AvgIpc) is 2.74. The van der Waals surface area contributed by atoms with Crippen molar-refractivity contribution < 1.29 is 9.59 Å². The van der Waals surface area contributed by atoms with Crippen LogP contribution < -0.4 is 5.32 Å². The van der Waals surface area contributed by atoms with Crippen LogP contribution in [0.25, 0.3) is 0 Å². The first-order valence-corrected chi connectivity index (χ1v) is 10.4. The van der Waals surface area contributed by atoms with Crippen molar-refractivity contribution in [1.29, 1.82) is 0 Å². The van der Waals surface area contributed by atoms with Crippen LogP contribution in [0.2, 0.25) is 0 Å². The van der Waals surface area contributed by atoms with Gasteiger partial charge in [-0.05, 0) is 67.3 Å². The molecule has 0 radical (unpaired) electrons. The lowest BCUT2D eigenvalue weighted by Crippen LogP contribution is -2.42. The largest absolute Gasteiger partial charge is 0.342 e. The van der Waals surface area contributed by atoms with Crippen LogP contribution in [0.4, 0.5) is 5.69 Å². The zero-order chi connectivity index (χ0) is 19.3. The number of benzene rings is 2. The highest BCUT2D eigenvalue weighted by Gasteiger charge is 2.27. The van der Waals surface area contributed by atoms with Crippen LogP contribution in [-0.4, -0.2) is 29.8 Å². The summed E-state index contributed by atoms with van der Waals surface area (Å²) in [5.41, 5.74) is 4.83. The van der Waals surface area contributed by atoms with Gasteiger partial charge in [-0.2, -0.15) is 0 Å². The molecule has 4 heteroatoms. The van der Waals surface area contributed by atoms with Gasteiger partial charge in [-0.1, -0.05) is 36.4 Å². The van der Waals surface area contributed by atoms with Crippen molar-refractivity contribution in [1.82, 2.24) is 4.90 Å². The Morgan fingerprint density at radius 3 is 2.39 bits per heavy atom. The van der Waals surface area contributed by atoms with E-state index in [9.17, 15) is 9.59 Å². The standard InChI is InChI=1S/C24H28N2O2/c27-23(17-18-10-11-19-6-4-5-7-21(19)16-18)26-14-12-20(13-15-26)24(28)25-22-8-2-1-3-9-22/h1-3,8-11,16,20H,4-7,12-15,17H2,(H,25,28). The summed E-state index contributed by atoms with van der Waals surface area (Å²) in [6, 6.07) is 16.1. The van der Waals surface area contributed by atoms with E-state index in [1.54, 1.807) is 0 Å². The number of hydrogen-bond acceptors (Lipinski definition) is 2. The molecule has 2 amide bonds. The third-order valence-corrected chi connectivity index (χ3v) is 6.03. The molecule has 4 nitrogen and oxygen atoms in total. The van der Waals surface area contributed by atoms with Gasteiger partial charge in [0.25, 0.3) is 0 Å². The van der Waals surface area contributed by atoms with Gasteiger partial charge in [-0.25, -0.2) is 0 Å². The Kier molecular flexibility index (Phi) is 5.75. The first-order valence-electron chi connectivity index (χ1n) is 10.4. The summed E-state index contributed by atoms with van der Waals surface area (Å²) >= 11 is 0. The normalized spacial score (nSPS) is 17.1. The van der Waals surface area contributed by atoms with E-state index in [0.717, 1.165) is 30.5 Å². The summed E-state index contributed by atoms with van der Waals surface area (Å²) in [6.45, 7) is 1.33. The summed E-state index contributed by atoms with van der Waals surface area (Å²) in [5.74, 6) is 0.221. The van der Waals surface area contributed by atoms with Crippen molar-refractivity contribution in [2.75, 3.05) is 18.4 Å². The highest BCUT2D eigenvalue weighted by atomic mass is 16.2. The van der Waals surface area contributed by atoms with Crippen LogP contribution in [-0.2, 0) is 28.9 Å². The van der Waals surface area contributed by atoms with Gasteiger partial charge in [0.05, 0.1) is 6.42 Å². The Bertz CT molecular complexity index is 839. The predicted octanol–water partition coefficient (Wildman–Crippen LogP) is 3.99. The molecule has 1 N–H and O–H groups in total. The molecule has 2 aromatic carbocycles. The van der Waals surface area contributed by atoms with E-state index < -0.39 is 0 Å². The molecule has 0 atom stereocenters. The van der Waals surface area contributed by atoms with Crippen molar-refractivity contribution >= 4 is 17.5 Å². The third kappa shape index (κ3) is 4.44. The highest BCUT2D eigenvalue weighted by molar-refractivity contribution is 5.92. The van der Waals surface area contributed by atoms with E-state index in [4.69, 9.17) is 0 Å². The molecule has 0 saturated carbocycles. The second kappa shape index (κ2) is 8.59. The number of fused-ring (bicyclic) bond motifs is 1. The Morgan fingerprint density at radius 1 is 0.929 bits per heavy atom. The fourth-order valence-corrected chi connectivity index (χ4v) is 4.34. The Morgan fingerprint density at radius 2 is 1.64 bits per heavy atom. The number of piperidine rings is 1. The van der Waals surface area contributed by atoms with E-state index in [-0.39, 0.29) is 17.7 Å². The van der Waals surface area contributed by atoms with Gasteiger partial charge in [0.15, 0.2) is 0 Å². The molecule has 0 unspecified atom stereocenters. The number of para-hydroxylation sites is 1. The summed E-state index contributed by atoms with van der Waals surface area (Å²) in [7, 11) is 0. The molecule has 1 saturated heterocycles. The first-order chi connectivity index (χ1) is 13.7. The maximum absolute atomic E-state index is 12.7. The van der Waals surface area contributed by atoms with Crippen molar-refractivity contribution in [3.8, 4) is 0 Å². The molecule has 1 heterocycles. The van der Waals surface area contributed by atoms with Crippen molar-refractivity contribution in [3.63, 3.8) is 0 Å². The van der Waals surface area contributed by atoms with E-state index >= 15 is 0 Å². The highest BCUT2D eigenvalue weighted by Crippen LogP contribution is 2.24. The SMILES string of the molecule is O=C(Nc1ccccc1)C1CCN(C(=O)Cc2ccc3c(c2)CCCC3)CC1. The Labute approximate surface area is 166 Å². The summed E-state index contributed by atoms with van der Waals surface area (Å²) in [6.07, 6.45) is 6.76. The predicted molar refractivity (Wildman–Crippen MR) is 111 cm³/mol. The third-order valence-electron chi connectivity index (χ3n) is 6.03. The fraction of sp³-hybridized carbons (Fsp3) is 0.417. The minimum absolute atomic E-state index is 0.0204. The van der Waals surface area contributed by atoms with Crippen molar-refractivity contribution in [3.05, 3.63) is 65.2 Å². The lowest BCUT2D eigenvalue weighted by molar-refractivity contribution is -0.133. The Hall–Kier alpha value is -2.62. The lowest BCUT2D eigenvalue weighted by Gasteiger charge is -2.31. The van der Waals surface area contributed by atoms with Crippen LogP contribution in [0.3, 0.4) is 0 Å². The van der Waals surface area contributed by atoms with Gasteiger partial charge in [0, 0.05) is 24.7 Å². The van der Waals surface area contributed by atoms with Gasteiger partial charge in [0.2, 0.25) is 11.8 Å².